The number of carbonyl (C=O) groups is 1. The van der Waals surface area contributed by atoms with Crippen LogP contribution in [0.4, 0.5) is 11.4 Å². The summed E-state index contributed by atoms with van der Waals surface area (Å²) in [6.45, 7) is 3.02. The Labute approximate surface area is 176 Å². The van der Waals surface area contributed by atoms with Gasteiger partial charge in [0.25, 0.3) is 5.69 Å². The van der Waals surface area contributed by atoms with Crippen LogP contribution in [0, 0.1) is 17.0 Å². The fraction of sp³-hybridized carbons (Fsp3) is 0.381. The number of fused-ring (bicyclic) bond motifs is 1. The fourth-order valence-electron chi connectivity index (χ4n) is 3.72. The van der Waals surface area contributed by atoms with Crippen molar-refractivity contribution >= 4 is 27.3 Å². The Morgan fingerprint density at radius 3 is 2.57 bits per heavy atom. The summed E-state index contributed by atoms with van der Waals surface area (Å²) in [4.78, 5) is 23.2. The first kappa shape index (κ1) is 21.8. The van der Waals surface area contributed by atoms with Crippen LogP contribution in [0.5, 0.6) is 0 Å². The van der Waals surface area contributed by atoms with E-state index in [1.165, 1.54) is 29.3 Å². The maximum atomic E-state index is 12.7. The van der Waals surface area contributed by atoms with E-state index in [4.69, 9.17) is 0 Å². The highest BCUT2D eigenvalue weighted by Crippen LogP contribution is 2.28. The highest BCUT2D eigenvalue weighted by Gasteiger charge is 2.25. The van der Waals surface area contributed by atoms with Gasteiger partial charge in [0.15, 0.2) is 0 Å². The first-order chi connectivity index (χ1) is 14.1. The van der Waals surface area contributed by atoms with Crippen LogP contribution in [0.25, 0.3) is 0 Å². The molecule has 0 unspecified atom stereocenters. The number of hydrogen-bond acceptors (Lipinski definition) is 5. The molecular weight excluding hydrogens is 406 g/mol. The average molecular weight is 432 g/mol. The number of non-ortho nitro benzene ring substituents is 1. The third-order valence-electron chi connectivity index (χ3n) is 5.36. The van der Waals surface area contributed by atoms with Crippen LogP contribution in [0.2, 0.25) is 0 Å². The number of nitrogens with one attached hydrogen (secondary N) is 1. The summed E-state index contributed by atoms with van der Waals surface area (Å²) in [5.41, 5.74) is 3.98. The summed E-state index contributed by atoms with van der Waals surface area (Å²) in [6, 6.07) is 9.80. The minimum Gasteiger partial charge on any atom is -0.348 e. The van der Waals surface area contributed by atoms with E-state index in [1.54, 1.807) is 6.92 Å². The summed E-state index contributed by atoms with van der Waals surface area (Å²) in [5.74, 6) is -0.487. The van der Waals surface area contributed by atoms with Gasteiger partial charge in [0.2, 0.25) is 15.9 Å². The molecule has 2 aromatic carbocycles. The summed E-state index contributed by atoms with van der Waals surface area (Å²) < 4.78 is 25.6. The van der Waals surface area contributed by atoms with Crippen LogP contribution in [0.3, 0.4) is 0 Å². The minimum absolute atomic E-state index is 0.118. The third kappa shape index (κ3) is 4.79. The summed E-state index contributed by atoms with van der Waals surface area (Å²) >= 11 is 0. The maximum absolute atomic E-state index is 12.7. The SMILES string of the molecule is Cc1ccc([N+](=O)[O-])cc1N(CC(=O)N[C@H](C)c1ccc2c(c1)CCC2)S(C)(=O)=O. The molecule has 1 aliphatic rings. The van der Waals surface area contributed by atoms with Crippen molar-refractivity contribution in [2.45, 2.75) is 39.2 Å². The van der Waals surface area contributed by atoms with Gasteiger partial charge in [0.05, 0.1) is 22.9 Å². The summed E-state index contributed by atoms with van der Waals surface area (Å²) in [6.07, 6.45) is 4.20. The number of nitro benzene ring substituents is 1. The smallest absolute Gasteiger partial charge is 0.271 e. The average Bonchev–Trinajstić information content (AvgIpc) is 3.13. The molecule has 8 nitrogen and oxygen atoms in total. The van der Waals surface area contributed by atoms with Crippen LogP contribution in [-0.4, -0.2) is 32.0 Å². The predicted octanol–water partition coefficient (Wildman–Crippen LogP) is 3.04. The van der Waals surface area contributed by atoms with Crippen molar-refractivity contribution in [1.82, 2.24) is 5.32 Å². The van der Waals surface area contributed by atoms with Gasteiger partial charge < -0.3 is 5.32 Å². The minimum atomic E-state index is -3.84. The van der Waals surface area contributed by atoms with Crippen molar-refractivity contribution in [2.75, 3.05) is 17.1 Å². The lowest BCUT2D eigenvalue weighted by molar-refractivity contribution is -0.384. The third-order valence-corrected chi connectivity index (χ3v) is 6.49. The number of benzene rings is 2. The lowest BCUT2D eigenvalue weighted by Crippen LogP contribution is -2.41. The number of aryl methyl sites for hydroxylation is 3. The van der Waals surface area contributed by atoms with Gasteiger partial charge in [0.1, 0.15) is 6.54 Å². The van der Waals surface area contributed by atoms with E-state index in [0.29, 0.717) is 5.56 Å². The highest BCUT2D eigenvalue weighted by atomic mass is 32.2. The second-order valence-corrected chi connectivity index (χ2v) is 9.58. The van der Waals surface area contributed by atoms with Gasteiger partial charge in [-0.15, -0.1) is 0 Å². The topological polar surface area (TPSA) is 110 Å². The van der Waals surface area contributed by atoms with E-state index in [-0.39, 0.29) is 17.4 Å². The zero-order chi connectivity index (χ0) is 22.1. The van der Waals surface area contributed by atoms with Gasteiger partial charge in [-0.3, -0.25) is 19.2 Å². The monoisotopic (exact) mass is 431 g/mol. The number of sulfonamides is 1. The molecule has 0 radical (unpaired) electrons. The molecule has 1 atom stereocenters. The molecule has 1 amide bonds. The van der Waals surface area contributed by atoms with Crippen molar-refractivity contribution in [3.8, 4) is 0 Å². The van der Waals surface area contributed by atoms with Crippen LogP contribution in [0.1, 0.15) is 41.6 Å². The predicted molar refractivity (Wildman–Crippen MR) is 115 cm³/mol. The first-order valence-corrected chi connectivity index (χ1v) is 11.5. The van der Waals surface area contributed by atoms with Crippen molar-refractivity contribution < 1.29 is 18.1 Å². The van der Waals surface area contributed by atoms with Gasteiger partial charge in [-0.2, -0.15) is 0 Å². The number of nitro groups is 1. The zero-order valence-electron chi connectivity index (χ0n) is 17.2. The van der Waals surface area contributed by atoms with Crippen molar-refractivity contribution in [1.29, 1.82) is 0 Å². The molecule has 0 aromatic heterocycles. The molecule has 30 heavy (non-hydrogen) atoms. The normalized spacial score (nSPS) is 14.1. The van der Waals surface area contributed by atoms with E-state index in [9.17, 15) is 23.3 Å². The molecule has 2 aromatic rings. The molecule has 1 aliphatic carbocycles. The quantitative estimate of drug-likeness (QED) is 0.535. The Balaban J connectivity index is 1.80. The van der Waals surface area contributed by atoms with Gasteiger partial charge in [0, 0.05) is 12.1 Å². The Hall–Kier alpha value is -2.94. The molecular formula is C21H25N3O5S. The molecule has 0 spiro atoms. The lowest BCUT2D eigenvalue weighted by Gasteiger charge is -2.24. The molecule has 0 heterocycles. The second-order valence-electron chi connectivity index (χ2n) is 7.67. The van der Waals surface area contributed by atoms with Crippen LogP contribution in [0.15, 0.2) is 36.4 Å². The molecule has 0 bridgehead atoms. The Bertz CT molecular complexity index is 1100. The number of hydrogen-bond donors (Lipinski definition) is 1. The number of nitrogens with zero attached hydrogens (tertiary/aromatic N) is 2. The molecule has 3 rings (SSSR count). The second kappa shape index (κ2) is 8.43. The standard InChI is InChI=1S/C21H25N3O5S/c1-14-7-10-19(24(26)27)12-20(14)23(30(3,28)29)13-21(25)22-15(2)17-9-8-16-5-4-6-18(16)11-17/h7-12,15H,4-6,13H2,1-3H3,(H,22,25)/t15-/m1/s1. The maximum Gasteiger partial charge on any atom is 0.271 e. The van der Waals surface area contributed by atoms with Crippen LogP contribution < -0.4 is 9.62 Å². The number of carbonyl (C=O) groups excluding carboxylic acids is 1. The Morgan fingerprint density at radius 1 is 1.20 bits per heavy atom. The summed E-state index contributed by atoms with van der Waals surface area (Å²) in [7, 11) is -3.84. The van der Waals surface area contributed by atoms with E-state index in [2.05, 4.69) is 17.4 Å². The van der Waals surface area contributed by atoms with E-state index < -0.39 is 27.4 Å². The Kier molecular flexibility index (Phi) is 6.12. The van der Waals surface area contributed by atoms with Crippen molar-refractivity contribution in [3.63, 3.8) is 0 Å². The van der Waals surface area contributed by atoms with Gasteiger partial charge >= 0.3 is 0 Å². The first-order valence-electron chi connectivity index (χ1n) is 9.70. The number of anilines is 1. The van der Waals surface area contributed by atoms with Crippen molar-refractivity contribution in [3.05, 3.63) is 68.8 Å². The largest absolute Gasteiger partial charge is 0.348 e. The molecule has 0 saturated heterocycles. The van der Waals surface area contributed by atoms with Gasteiger partial charge in [-0.05, 0) is 55.4 Å². The summed E-state index contributed by atoms with van der Waals surface area (Å²) in [5, 5.41) is 13.9. The fourth-order valence-corrected chi connectivity index (χ4v) is 4.63. The molecule has 160 valence electrons. The van der Waals surface area contributed by atoms with E-state index in [0.717, 1.165) is 35.4 Å². The Morgan fingerprint density at radius 2 is 1.90 bits per heavy atom. The molecule has 0 aliphatic heterocycles. The van der Waals surface area contributed by atoms with E-state index in [1.807, 2.05) is 13.0 Å². The highest BCUT2D eigenvalue weighted by molar-refractivity contribution is 7.92. The van der Waals surface area contributed by atoms with Crippen LogP contribution >= 0.6 is 0 Å². The lowest BCUT2D eigenvalue weighted by atomic mass is 10.0. The van der Waals surface area contributed by atoms with Gasteiger partial charge in [-0.1, -0.05) is 24.3 Å². The molecule has 0 saturated carbocycles. The number of rotatable bonds is 7. The van der Waals surface area contributed by atoms with Crippen LogP contribution in [-0.2, 0) is 27.7 Å². The molecule has 9 heteroatoms. The zero-order valence-corrected chi connectivity index (χ0v) is 18.0. The van der Waals surface area contributed by atoms with Crippen molar-refractivity contribution in [2.24, 2.45) is 0 Å². The van der Waals surface area contributed by atoms with Gasteiger partial charge in [-0.25, -0.2) is 8.42 Å². The molecule has 1 N–H and O–H groups in total. The molecule has 0 fully saturated rings. The number of amides is 1. The van der Waals surface area contributed by atoms with E-state index >= 15 is 0 Å².